The molecule has 2 aliphatic rings. The van der Waals surface area contributed by atoms with Crippen molar-refractivity contribution in [2.75, 3.05) is 26.7 Å². The van der Waals surface area contributed by atoms with Crippen LogP contribution in [0.3, 0.4) is 0 Å². The molecule has 22 heavy (non-hydrogen) atoms. The van der Waals surface area contributed by atoms with Crippen LogP contribution in [-0.4, -0.2) is 54.5 Å². The molecule has 1 amide bonds. The summed E-state index contributed by atoms with van der Waals surface area (Å²) in [4.78, 5) is 16.7. The summed E-state index contributed by atoms with van der Waals surface area (Å²) in [5.41, 5.74) is 2.48. The van der Waals surface area contributed by atoms with Gasteiger partial charge in [0.05, 0.1) is 6.54 Å². The van der Waals surface area contributed by atoms with Gasteiger partial charge in [0.25, 0.3) is 0 Å². The van der Waals surface area contributed by atoms with Crippen LogP contribution in [0, 0.1) is 6.92 Å². The third kappa shape index (κ3) is 3.68. The zero-order chi connectivity index (χ0) is 15.5. The standard InChI is InChI=1S/C18H27N3O/c1-14-5-3-4-6-15(14)11-20(2)18(22)13-21-10-9-16-7-8-17(12-21)19-16/h3-6,16-17,19H,7-13H2,1-2H3. The Hall–Kier alpha value is -1.39. The average molecular weight is 301 g/mol. The molecule has 0 aliphatic carbocycles. The molecule has 2 aliphatic heterocycles. The summed E-state index contributed by atoms with van der Waals surface area (Å²) in [5.74, 6) is 0.223. The fraction of sp³-hybridized carbons (Fsp3) is 0.611. The van der Waals surface area contributed by atoms with Crippen molar-refractivity contribution in [3.05, 3.63) is 35.4 Å². The molecule has 0 saturated carbocycles. The molecule has 4 heteroatoms. The van der Waals surface area contributed by atoms with Gasteiger partial charge in [-0.05, 0) is 37.3 Å². The van der Waals surface area contributed by atoms with E-state index in [1.807, 2.05) is 24.1 Å². The Bertz CT molecular complexity index is 531. The van der Waals surface area contributed by atoms with Crippen LogP contribution in [-0.2, 0) is 11.3 Å². The highest BCUT2D eigenvalue weighted by molar-refractivity contribution is 5.78. The lowest BCUT2D eigenvalue weighted by Crippen LogP contribution is -2.42. The number of fused-ring (bicyclic) bond motifs is 2. The molecule has 2 bridgehead atoms. The van der Waals surface area contributed by atoms with Crippen molar-refractivity contribution in [3.63, 3.8) is 0 Å². The first-order chi connectivity index (χ1) is 10.6. The van der Waals surface area contributed by atoms with Crippen LogP contribution in [0.1, 0.15) is 30.4 Å². The minimum Gasteiger partial charge on any atom is -0.340 e. The van der Waals surface area contributed by atoms with Crippen LogP contribution in [0.4, 0.5) is 0 Å². The Labute approximate surface area is 133 Å². The molecule has 1 aromatic carbocycles. The minimum absolute atomic E-state index is 0.223. The molecule has 2 saturated heterocycles. The average Bonchev–Trinajstić information content (AvgIpc) is 2.84. The number of hydrogen-bond acceptors (Lipinski definition) is 3. The fourth-order valence-corrected chi connectivity index (χ4v) is 3.60. The van der Waals surface area contributed by atoms with Crippen LogP contribution in [0.5, 0.6) is 0 Å². The molecule has 0 spiro atoms. The van der Waals surface area contributed by atoms with Crippen LogP contribution >= 0.6 is 0 Å². The molecule has 0 aromatic heterocycles. The second kappa shape index (κ2) is 6.80. The summed E-state index contributed by atoms with van der Waals surface area (Å²) in [5, 5.41) is 3.67. The lowest BCUT2D eigenvalue weighted by molar-refractivity contribution is -0.131. The van der Waals surface area contributed by atoms with E-state index in [-0.39, 0.29) is 5.91 Å². The van der Waals surface area contributed by atoms with Crippen molar-refractivity contribution >= 4 is 5.91 Å². The maximum Gasteiger partial charge on any atom is 0.236 e. The number of carbonyl (C=O) groups is 1. The van der Waals surface area contributed by atoms with E-state index >= 15 is 0 Å². The predicted molar refractivity (Wildman–Crippen MR) is 88.7 cm³/mol. The number of benzene rings is 1. The first kappa shape index (κ1) is 15.5. The molecule has 2 unspecified atom stereocenters. The third-order valence-electron chi connectivity index (χ3n) is 5.06. The molecule has 2 fully saturated rings. The Morgan fingerprint density at radius 1 is 1.27 bits per heavy atom. The van der Waals surface area contributed by atoms with Gasteiger partial charge in [0.2, 0.25) is 5.91 Å². The van der Waals surface area contributed by atoms with Gasteiger partial charge < -0.3 is 10.2 Å². The number of nitrogens with zero attached hydrogens (tertiary/aromatic N) is 2. The molecule has 2 atom stereocenters. The molecule has 1 aromatic rings. The number of carbonyl (C=O) groups excluding carboxylic acids is 1. The number of amides is 1. The Morgan fingerprint density at radius 2 is 2.05 bits per heavy atom. The Balaban J connectivity index is 1.54. The van der Waals surface area contributed by atoms with Crippen LogP contribution < -0.4 is 5.32 Å². The highest BCUT2D eigenvalue weighted by Crippen LogP contribution is 2.20. The summed E-state index contributed by atoms with van der Waals surface area (Å²) in [6, 6.07) is 9.55. The molecule has 4 nitrogen and oxygen atoms in total. The number of aryl methyl sites for hydroxylation is 1. The summed E-state index contributed by atoms with van der Waals surface area (Å²) in [7, 11) is 1.91. The molecule has 120 valence electrons. The largest absolute Gasteiger partial charge is 0.340 e. The van der Waals surface area contributed by atoms with Gasteiger partial charge in [-0.25, -0.2) is 0 Å². The Kier molecular flexibility index (Phi) is 4.79. The van der Waals surface area contributed by atoms with Crippen molar-refractivity contribution in [2.45, 2.75) is 44.8 Å². The fourth-order valence-electron chi connectivity index (χ4n) is 3.60. The van der Waals surface area contributed by atoms with Gasteiger partial charge in [0, 0.05) is 38.8 Å². The second-order valence-corrected chi connectivity index (χ2v) is 6.84. The minimum atomic E-state index is 0.223. The summed E-state index contributed by atoms with van der Waals surface area (Å²) in [6.45, 7) is 5.40. The van der Waals surface area contributed by atoms with E-state index < -0.39 is 0 Å². The van der Waals surface area contributed by atoms with Crippen molar-refractivity contribution in [3.8, 4) is 0 Å². The van der Waals surface area contributed by atoms with Crippen molar-refractivity contribution < 1.29 is 4.79 Å². The second-order valence-electron chi connectivity index (χ2n) is 6.84. The number of likely N-dealkylation sites (tertiary alicyclic amines) is 1. The maximum atomic E-state index is 12.5. The van der Waals surface area contributed by atoms with Gasteiger partial charge in [-0.2, -0.15) is 0 Å². The lowest BCUT2D eigenvalue weighted by Gasteiger charge is -2.26. The maximum absolute atomic E-state index is 12.5. The van der Waals surface area contributed by atoms with E-state index in [0.717, 1.165) is 13.1 Å². The quantitative estimate of drug-likeness (QED) is 0.921. The highest BCUT2D eigenvalue weighted by atomic mass is 16.2. The van der Waals surface area contributed by atoms with E-state index in [4.69, 9.17) is 0 Å². The zero-order valence-corrected chi connectivity index (χ0v) is 13.7. The predicted octanol–water partition coefficient (Wildman–Crippen LogP) is 1.78. The van der Waals surface area contributed by atoms with Crippen molar-refractivity contribution in [1.29, 1.82) is 0 Å². The summed E-state index contributed by atoms with van der Waals surface area (Å²) < 4.78 is 0. The number of likely N-dealkylation sites (N-methyl/N-ethyl adjacent to an activating group) is 1. The van der Waals surface area contributed by atoms with Crippen LogP contribution in [0.25, 0.3) is 0 Å². The molecule has 0 radical (unpaired) electrons. The number of rotatable bonds is 4. The lowest BCUT2D eigenvalue weighted by atomic mass is 10.1. The smallest absolute Gasteiger partial charge is 0.236 e. The molecule has 1 N–H and O–H groups in total. The van der Waals surface area contributed by atoms with E-state index in [0.29, 0.717) is 25.2 Å². The van der Waals surface area contributed by atoms with Crippen LogP contribution in [0.2, 0.25) is 0 Å². The summed E-state index contributed by atoms with van der Waals surface area (Å²) in [6.07, 6.45) is 3.74. The highest BCUT2D eigenvalue weighted by Gasteiger charge is 2.30. The van der Waals surface area contributed by atoms with Gasteiger partial charge in [0.1, 0.15) is 0 Å². The first-order valence-electron chi connectivity index (χ1n) is 8.38. The molecular weight excluding hydrogens is 274 g/mol. The van der Waals surface area contributed by atoms with Crippen LogP contribution in [0.15, 0.2) is 24.3 Å². The zero-order valence-electron chi connectivity index (χ0n) is 13.7. The van der Waals surface area contributed by atoms with Gasteiger partial charge in [-0.1, -0.05) is 24.3 Å². The Morgan fingerprint density at radius 3 is 2.86 bits per heavy atom. The number of nitrogens with one attached hydrogen (secondary N) is 1. The van der Waals surface area contributed by atoms with Gasteiger partial charge in [0.15, 0.2) is 0 Å². The molecular formula is C18H27N3O. The molecule has 2 heterocycles. The van der Waals surface area contributed by atoms with Gasteiger partial charge in [-0.3, -0.25) is 9.69 Å². The summed E-state index contributed by atoms with van der Waals surface area (Å²) >= 11 is 0. The van der Waals surface area contributed by atoms with Gasteiger partial charge >= 0.3 is 0 Å². The monoisotopic (exact) mass is 301 g/mol. The van der Waals surface area contributed by atoms with E-state index in [1.54, 1.807) is 0 Å². The normalized spacial score (nSPS) is 25.0. The molecule has 3 rings (SSSR count). The number of hydrogen-bond donors (Lipinski definition) is 1. The third-order valence-corrected chi connectivity index (χ3v) is 5.06. The van der Waals surface area contributed by atoms with E-state index in [2.05, 4.69) is 29.3 Å². The topological polar surface area (TPSA) is 35.6 Å². The van der Waals surface area contributed by atoms with Gasteiger partial charge in [-0.15, -0.1) is 0 Å². The van der Waals surface area contributed by atoms with E-state index in [9.17, 15) is 4.79 Å². The van der Waals surface area contributed by atoms with Crippen molar-refractivity contribution in [1.82, 2.24) is 15.1 Å². The first-order valence-corrected chi connectivity index (χ1v) is 8.38. The van der Waals surface area contributed by atoms with E-state index in [1.165, 1.54) is 30.4 Å². The SMILES string of the molecule is Cc1ccccc1CN(C)C(=O)CN1CCC2CCC(C1)N2. The van der Waals surface area contributed by atoms with Crippen molar-refractivity contribution in [2.24, 2.45) is 0 Å².